The topological polar surface area (TPSA) is 81.1 Å². The lowest BCUT2D eigenvalue weighted by Gasteiger charge is -2.30. The smallest absolute Gasteiger partial charge is 0.326 e. The number of aliphatic hydroxyl groups is 1. The first-order chi connectivity index (χ1) is 9.06. The van der Waals surface area contributed by atoms with Crippen molar-refractivity contribution in [2.45, 2.75) is 50.3 Å². The minimum Gasteiger partial charge on any atom is -0.480 e. The van der Waals surface area contributed by atoms with Crippen molar-refractivity contribution in [1.29, 1.82) is 0 Å². The van der Waals surface area contributed by atoms with E-state index in [0.29, 0.717) is 12.0 Å². The zero-order valence-corrected chi connectivity index (χ0v) is 10.9. The van der Waals surface area contributed by atoms with Crippen LogP contribution in [0.4, 0.5) is 4.79 Å². The molecule has 19 heavy (non-hydrogen) atoms. The average molecular weight is 268 g/mol. The Morgan fingerprint density at radius 3 is 2.42 bits per heavy atom. The van der Waals surface area contributed by atoms with Gasteiger partial charge in [0.15, 0.2) is 0 Å². The molecule has 0 spiro atoms. The Morgan fingerprint density at radius 2 is 1.89 bits per heavy atom. The zero-order chi connectivity index (χ0) is 13.6. The second kappa shape index (κ2) is 4.67. The molecule has 0 unspecified atom stereocenters. The zero-order valence-electron chi connectivity index (χ0n) is 10.9. The summed E-state index contributed by atoms with van der Waals surface area (Å²) in [7, 11) is 0. The molecule has 2 saturated carbocycles. The van der Waals surface area contributed by atoms with Crippen molar-refractivity contribution < 1.29 is 19.8 Å². The van der Waals surface area contributed by atoms with Crippen LogP contribution in [0.15, 0.2) is 0 Å². The predicted octanol–water partition coefficient (Wildman–Crippen LogP) is 0.501. The van der Waals surface area contributed by atoms with Crippen molar-refractivity contribution >= 4 is 12.0 Å². The van der Waals surface area contributed by atoms with Crippen molar-refractivity contribution in [3.8, 4) is 0 Å². The Hall–Kier alpha value is -1.30. The van der Waals surface area contributed by atoms with Gasteiger partial charge >= 0.3 is 12.0 Å². The van der Waals surface area contributed by atoms with E-state index < -0.39 is 18.1 Å². The number of β-amino-alcohol motifs (C(OH)–C–C–N with tert-alkyl or cyclic N) is 1. The fourth-order valence-electron chi connectivity index (χ4n) is 2.77. The summed E-state index contributed by atoms with van der Waals surface area (Å²) in [6, 6.07) is -0.776. The van der Waals surface area contributed by atoms with Crippen LogP contribution in [0.1, 0.15) is 32.1 Å². The molecule has 0 radical (unpaired) electrons. The lowest BCUT2D eigenvalue weighted by atomic mass is 10.2. The number of urea groups is 1. The van der Waals surface area contributed by atoms with Crippen LogP contribution < -0.4 is 0 Å². The first kappa shape index (κ1) is 12.7. The lowest BCUT2D eigenvalue weighted by Crippen LogP contribution is -2.49. The number of carboxylic acid groups (broad SMARTS) is 1. The number of carbonyl (C=O) groups excluding carboxylic acids is 1. The molecule has 2 amide bonds. The van der Waals surface area contributed by atoms with Crippen molar-refractivity contribution in [1.82, 2.24) is 9.80 Å². The maximum Gasteiger partial charge on any atom is 0.326 e. The molecule has 3 fully saturated rings. The molecule has 6 nitrogen and oxygen atoms in total. The van der Waals surface area contributed by atoms with Crippen molar-refractivity contribution in [3.05, 3.63) is 0 Å². The lowest BCUT2D eigenvalue weighted by molar-refractivity contribution is -0.141. The van der Waals surface area contributed by atoms with Crippen LogP contribution in [0.25, 0.3) is 0 Å². The number of aliphatic carboxylic acids is 1. The summed E-state index contributed by atoms with van der Waals surface area (Å²) in [5.74, 6) is -0.424. The number of nitrogens with zero attached hydrogens (tertiary/aromatic N) is 2. The SMILES string of the molecule is O=C(O)[C@@H]1C[C@H](O)CN1C(=O)N(CC1CC1)C1CC1. The molecular formula is C13H20N2O4. The molecule has 2 atom stereocenters. The van der Waals surface area contributed by atoms with Crippen LogP contribution in [0.2, 0.25) is 0 Å². The van der Waals surface area contributed by atoms with Gasteiger partial charge in [0.25, 0.3) is 0 Å². The van der Waals surface area contributed by atoms with E-state index in [4.69, 9.17) is 5.11 Å². The molecule has 0 bridgehead atoms. The highest BCUT2D eigenvalue weighted by atomic mass is 16.4. The maximum atomic E-state index is 12.5. The average Bonchev–Trinajstić information content (AvgIpc) is 3.24. The van der Waals surface area contributed by atoms with E-state index in [1.54, 1.807) is 0 Å². The Bertz CT molecular complexity index is 392. The molecule has 1 heterocycles. The number of hydrogen-bond donors (Lipinski definition) is 2. The van der Waals surface area contributed by atoms with E-state index in [9.17, 15) is 14.7 Å². The minimum absolute atomic E-state index is 0.142. The molecular weight excluding hydrogens is 248 g/mol. The minimum atomic E-state index is -1.02. The molecule has 3 aliphatic rings. The molecule has 1 saturated heterocycles. The van der Waals surface area contributed by atoms with Crippen molar-refractivity contribution in [3.63, 3.8) is 0 Å². The highest BCUT2D eigenvalue weighted by molar-refractivity contribution is 5.84. The van der Waals surface area contributed by atoms with Gasteiger partial charge < -0.3 is 20.0 Å². The van der Waals surface area contributed by atoms with Crippen LogP contribution in [-0.4, -0.2) is 63.3 Å². The van der Waals surface area contributed by atoms with Crippen LogP contribution >= 0.6 is 0 Å². The highest BCUT2D eigenvalue weighted by Gasteiger charge is 2.44. The Balaban J connectivity index is 1.70. The Labute approximate surface area is 112 Å². The summed E-state index contributed by atoms with van der Waals surface area (Å²) in [6.45, 7) is 0.895. The van der Waals surface area contributed by atoms with Crippen LogP contribution in [-0.2, 0) is 4.79 Å². The third-order valence-corrected chi connectivity index (χ3v) is 4.19. The third-order valence-electron chi connectivity index (χ3n) is 4.19. The monoisotopic (exact) mass is 268 g/mol. The summed E-state index contributed by atoms with van der Waals surface area (Å²) in [6.07, 6.45) is 3.80. The second-order valence-electron chi connectivity index (χ2n) is 6.01. The summed E-state index contributed by atoms with van der Waals surface area (Å²) in [5.41, 5.74) is 0. The second-order valence-corrected chi connectivity index (χ2v) is 6.01. The van der Waals surface area contributed by atoms with Gasteiger partial charge in [-0.1, -0.05) is 0 Å². The molecule has 0 aromatic heterocycles. The van der Waals surface area contributed by atoms with Gasteiger partial charge in [-0.2, -0.15) is 0 Å². The quantitative estimate of drug-likeness (QED) is 0.778. The first-order valence-electron chi connectivity index (χ1n) is 7.04. The largest absolute Gasteiger partial charge is 0.480 e. The standard InChI is InChI=1S/C13H20N2O4/c16-10-5-11(12(17)18)15(7-10)13(19)14(9-3-4-9)6-8-1-2-8/h8-11,16H,1-7H2,(H,17,18)/t10-,11-/m0/s1. The number of carbonyl (C=O) groups is 2. The number of amides is 2. The van der Waals surface area contributed by atoms with Gasteiger partial charge in [0.1, 0.15) is 6.04 Å². The first-order valence-corrected chi connectivity index (χ1v) is 7.04. The fourth-order valence-corrected chi connectivity index (χ4v) is 2.77. The summed E-state index contributed by atoms with van der Waals surface area (Å²) >= 11 is 0. The Kier molecular flexibility index (Phi) is 3.12. The van der Waals surface area contributed by atoms with E-state index >= 15 is 0 Å². The molecule has 2 N–H and O–H groups in total. The fraction of sp³-hybridized carbons (Fsp3) is 0.846. The number of hydrogen-bond acceptors (Lipinski definition) is 3. The highest BCUT2D eigenvalue weighted by Crippen LogP contribution is 2.36. The van der Waals surface area contributed by atoms with Crippen molar-refractivity contribution in [2.75, 3.05) is 13.1 Å². The summed E-state index contributed by atoms with van der Waals surface area (Å²) in [5, 5.41) is 18.8. The molecule has 6 heteroatoms. The number of carboxylic acids is 1. The number of rotatable bonds is 4. The molecule has 0 aromatic rings. The van der Waals surface area contributed by atoms with Gasteiger partial charge in [0, 0.05) is 25.6 Å². The van der Waals surface area contributed by atoms with Gasteiger partial charge in [-0.25, -0.2) is 9.59 Å². The van der Waals surface area contributed by atoms with Crippen LogP contribution in [0, 0.1) is 5.92 Å². The summed E-state index contributed by atoms with van der Waals surface area (Å²) in [4.78, 5) is 26.9. The summed E-state index contributed by atoms with van der Waals surface area (Å²) < 4.78 is 0. The molecule has 3 rings (SSSR count). The molecule has 2 aliphatic carbocycles. The van der Waals surface area contributed by atoms with Crippen LogP contribution in [0.5, 0.6) is 0 Å². The van der Waals surface area contributed by atoms with Crippen LogP contribution in [0.3, 0.4) is 0 Å². The maximum absolute atomic E-state index is 12.5. The van der Waals surface area contributed by atoms with Gasteiger partial charge in [-0.05, 0) is 31.6 Å². The molecule has 106 valence electrons. The number of aliphatic hydroxyl groups excluding tert-OH is 1. The van der Waals surface area contributed by atoms with Gasteiger partial charge in [0.2, 0.25) is 0 Å². The van der Waals surface area contributed by atoms with Gasteiger partial charge in [-0.3, -0.25) is 0 Å². The third kappa shape index (κ3) is 2.68. The van der Waals surface area contributed by atoms with E-state index in [-0.39, 0.29) is 19.0 Å². The molecule has 1 aliphatic heterocycles. The van der Waals surface area contributed by atoms with E-state index in [0.717, 1.165) is 19.4 Å². The van der Waals surface area contributed by atoms with E-state index in [1.165, 1.54) is 17.7 Å². The van der Waals surface area contributed by atoms with Gasteiger partial charge in [-0.15, -0.1) is 0 Å². The van der Waals surface area contributed by atoms with E-state index in [1.807, 2.05) is 4.90 Å². The number of likely N-dealkylation sites (tertiary alicyclic amines) is 1. The van der Waals surface area contributed by atoms with Gasteiger partial charge in [0.05, 0.1) is 6.10 Å². The normalized spacial score (nSPS) is 30.5. The predicted molar refractivity (Wildman–Crippen MR) is 66.6 cm³/mol. The van der Waals surface area contributed by atoms with E-state index in [2.05, 4.69) is 0 Å². The molecule has 0 aromatic carbocycles. The van der Waals surface area contributed by atoms with Crippen molar-refractivity contribution in [2.24, 2.45) is 5.92 Å². The Morgan fingerprint density at radius 1 is 1.21 bits per heavy atom.